The maximum absolute atomic E-state index is 13.6. The number of nitrogens with zero attached hydrogens (tertiary/aromatic N) is 1. The summed E-state index contributed by atoms with van der Waals surface area (Å²) in [6.07, 6.45) is 8.05. The molecule has 196 valence electrons. The van der Waals surface area contributed by atoms with Crippen molar-refractivity contribution in [3.05, 3.63) is 74.1 Å². The largest absolute Gasteiger partial charge is 0.462 e. The third-order valence-corrected chi connectivity index (χ3v) is 9.98. The van der Waals surface area contributed by atoms with E-state index in [0.717, 1.165) is 71.3 Å². The number of thiophene rings is 2. The smallest absolute Gasteiger partial charge is 0.341 e. The highest BCUT2D eigenvalue weighted by Gasteiger charge is 2.31. The summed E-state index contributed by atoms with van der Waals surface area (Å²) < 4.78 is 5.42. The highest BCUT2D eigenvalue weighted by molar-refractivity contribution is 7.21. The van der Waals surface area contributed by atoms with Gasteiger partial charge >= 0.3 is 5.97 Å². The summed E-state index contributed by atoms with van der Waals surface area (Å²) in [4.78, 5) is 33.9. The fraction of sp³-hybridized carbons (Fsp3) is 0.367. The van der Waals surface area contributed by atoms with E-state index in [1.807, 2.05) is 6.07 Å². The second-order valence-corrected chi connectivity index (χ2v) is 12.2. The summed E-state index contributed by atoms with van der Waals surface area (Å²) in [5.74, 6) is -0.293. The summed E-state index contributed by atoms with van der Waals surface area (Å²) >= 11 is 2.82. The van der Waals surface area contributed by atoms with E-state index >= 15 is 0 Å². The van der Waals surface area contributed by atoms with Gasteiger partial charge in [-0.1, -0.05) is 36.8 Å². The van der Waals surface area contributed by atoms with Gasteiger partial charge in [-0.15, -0.1) is 22.7 Å². The number of rotatable bonds is 5. The van der Waals surface area contributed by atoms with Crippen LogP contribution < -0.4 is 11.1 Å². The number of ether oxygens (including phenoxy) is 1. The Morgan fingerprint density at radius 3 is 2.74 bits per heavy atom. The Balaban J connectivity index is 1.33. The number of amides is 1. The lowest BCUT2D eigenvalue weighted by Crippen LogP contribution is -2.17. The highest BCUT2D eigenvalue weighted by Crippen LogP contribution is 2.43. The molecule has 4 aromatic rings. The van der Waals surface area contributed by atoms with Gasteiger partial charge in [-0.05, 0) is 80.5 Å². The van der Waals surface area contributed by atoms with Crippen LogP contribution in [-0.4, -0.2) is 23.5 Å². The molecule has 8 heteroatoms. The fourth-order valence-electron chi connectivity index (χ4n) is 5.77. The Labute approximate surface area is 230 Å². The normalized spacial score (nSPS) is 16.9. The molecule has 3 N–H and O–H groups in total. The van der Waals surface area contributed by atoms with Crippen LogP contribution in [0, 0.1) is 0 Å². The number of nitrogen functional groups attached to an aromatic ring is 1. The predicted molar refractivity (Wildman–Crippen MR) is 155 cm³/mol. The van der Waals surface area contributed by atoms with Crippen LogP contribution in [-0.2, 0) is 30.4 Å². The van der Waals surface area contributed by atoms with Crippen LogP contribution in [0.3, 0.4) is 0 Å². The van der Waals surface area contributed by atoms with Crippen molar-refractivity contribution in [2.45, 2.75) is 64.2 Å². The molecule has 0 aliphatic heterocycles. The number of carbonyl (C=O) groups is 2. The first-order valence-electron chi connectivity index (χ1n) is 13.4. The summed E-state index contributed by atoms with van der Waals surface area (Å²) in [6, 6.07) is 12.6. The minimum absolute atomic E-state index is 0.281. The van der Waals surface area contributed by atoms with Gasteiger partial charge < -0.3 is 15.8 Å². The zero-order chi connectivity index (χ0) is 26.2. The van der Waals surface area contributed by atoms with E-state index in [0.29, 0.717) is 27.0 Å². The second-order valence-electron chi connectivity index (χ2n) is 10.1. The number of carbonyl (C=O) groups excluding carboxylic acids is 2. The lowest BCUT2D eigenvalue weighted by atomic mass is 9.83. The molecule has 0 fully saturated rings. The molecule has 1 amide bonds. The van der Waals surface area contributed by atoms with E-state index in [1.165, 1.54) is 40.2 Å². The van der Waals surface area contributed by atoms with Crippen LogP contribution >= 0.6 is 22.7 Å². The number of hydrogen-bond donors (Lipinski definition) is 2. The summed E-state index contributed by atoms with van der Waals surface area (Å²) in [6.45, 7) is 2.08. The van der Waals surface area contributed by atoms with Crippen molar-refractivity contribution in [2.75, 3.05) is 17.7 Å². The maximum Gasteiger partial charge on any atom is 0.341 e. The minimum Gasteiger partial charge on any atom is -0.462 e. The molecule has 0 saturated heterocycles. The van der Waals surface area contributed by atoms with E-state index in [1.54, 1.807) is 6.92 Å². The number of nitrogens with one attached hydrogen (secondary N) is 1. The van der Waals surface area contributed by atoms with E-state index in [9.17, 15) is 9.59 Å². The molecule has 3 heterocycles. The van der Waals surface area contributed by atoms with Crippen LogP contribution in [0.2, 0.25) is 0 Å². The monoisotopic (exact) mass is 545 g/mol. The molecule has 1 atom stereocenters. The molecular formula is C30H31N3O3S2. The molecule has 0 spiro atoms. The molecule has 0 radical (unpaired) electrons. The predicted octanol–water partition coefficient (Wildman–Crippen LogP) is 6.91. The van der Waals surface area contributed by atoms with Gasteiger partial charge in [0.2, 0.25) is 0 Å². The first kappa shape index (κ1) is 25.1. The van der Waals surface area contributed by atoms with Crippen molar-refractivity contribution in [3.63, 3.8) is 0 Å². The van der Waals surface area contributed by atoms with E-state index in [2.05, 4.69) is 35.6 Å². The Bertz CT molecular complexity index is 1520. The number of aromatic nitrogens is 1. The van der Waals surface area contributed by atoms with Crippen LogP contribution in [0.25, 0.3) is 10.2 Å². The molecule has 1 unspecified atom stereocenters. The van der Waals surface area contributed by atoms with Gasteiger partial charge in [0.1, 0.15) is 14.7 Å². The van der Waals surface area contributed by atoms with Gasteiger partial charge in [0.15, 0.2) is 0 Å². The molecule has 3 aromatic heterocycles. The average molecular weight is 546 g/mol. The molecule has 2 aliphatic carbocycles. The molecule has 0 saturated carbocycles. The summed E-state index contributed by atoms with van der Waals surface area (Å²) in [5.41, 5.74) is 12.2. The van der Waals surface area contributed by atoms with Gasteiger partial charge in [-0.3, -0.25) is 4.79 Å². The van der Waals surface area contributed by atoms with E-state index < -0.39 is 0 Å². The Kier molecular flexibility index (Phi) is 6.93. The zero-order valence-electron chi connectivity index (χ0n) is 21.5. The third-order valence-electron chi connectivity index (χ3n) is 7.70. The second kappa shape index (κ2) is 10.5. The van der Waals surface area contributed by atoms with E-state index in [-0.39, 0.29) is 18.5 Å². The third kappa shape index (κ3) is 4.60. The molecule has 38 heavy (non-hydrogen) atoms. The number of anilines is 2. The summed E-state index contributed by atoms with van der Waals surface area (Å²) in [7, 11) is 0. The van der Waals surface area contributed by atoms with Crippen LogP contribution in [0.5, 0.6) is 0 Å². The molecule has 0 bridgehead atoms. The molecule has 6 rings (SSSR count). The molecule has 2 aliphatic rings. The van der Waals surface area contributed by atoms with Crippen LogP contribution in [0.4, 0.5) is 10.7 Å². The van der Waals surface area contributed by atoms with Gasteiger partial charge in [-0.25, -0.2) is 9.78 Å². The van der Waals surface area contributed by atoms with E-state index in [4.69, 9.17) is 15.5 Å². The van der Waals surface area contributed by atoms with Crippen molar-refractivity contribution in [2.24, 2.45) is 0 Å². The summed E-state index contributed by atoms with van der Waals surface area (Å²) in [5, 5.41) is 4.44. The number of esters is 1. The maximum atomic E-state index is 13.6. The van der Waals surface area contributed by atoms with Gasteiger partial charge in [0.25, 0.3) is 5.91 Å². The SMILES string of the molecule is CCOC(=O)c1c(NC(=O)c2sc3nc4c(cc3c2N)CCCCC4)sc2c1CCC(c1ccccc1)C2. The van der Waals surface area contributed by atoms with Crippen molar-refractivity contribution >= 4 is 55.5 Å². The Morgan fingerprint density at radius 2 is 1.92 bits per heavy atom. The first-order chi connectivity index (χ1) is 18.5. The van der Waals surface area contributed by atoms with Crippen molar-refractivity contribution in [1.82, 2.24) is 4.98 Å². The average Bonchev–Trinajstić information content (AvgIpc) is 3.34. The Hall–Kier alpha value is -3.23. The van der Waals surface area contributed by atoms with Gasteiger partial charge in [0.05, 0.1) is 17.9 Å². The number of benzene rings is 1. The number of aryl methyl sites for hydroxylation is 2. The van der Waals surface area contributed by atoms with Gasteiger partial charge in [-0.2, -0.15) is 0 Å². The minimum atomic E-state index is -0.381. The Morgan fingerprint density at radius 1 is 1.11 bits per heavy atom. The molecular weight excluding hydrogens is 514 g/mol. The van der Waals surface area contributed by atoms with Crippen molar-refractivity contribution < 1.29 is 14.3 Å². The number of pyridine rings is 1. The number of fused-ring (bicyclic) bond motifs is 3. The van der Waals surface area contributed by atoms with Crippen LogP contribution in [0.15, 0.2) is 36.4 Å². The topological polar surface area (TPSA) is 94.3 Å². The fourth-order valence-corrected chi connectivity index (χ4v) is 8.07. The quantitative estimate of drug-likeness (QED) is 0.210. The van der Waals surface area contributed by atoms with Crippen molar-refractivity contribution in [3.8, 4) is 0 Å². The number of nitrogens with two attached hydrogens (primary N) is 1. The molecule has 6 nitrogen and oxygen atoms in total. The standard InChI is InChI=1S/C30H31N3O3S2/c1-2-36-30(35)24-20-14-13-18(17-9-5-3-6-10-17)16-23(20)37-29(24)33-27(34)26-25(31)21-15-19-11-7-4-8-12-22(19)32-28(21)38-26/h3,5-6,9-10,15,18H,2,4,7-8,11-14,16,31H2,1H3,(H,33,34). The highest BCUT2D eigenvalue weighted by atomic mass is 32.1. The molecule has 1 aromatic carbocycles. The lowest BCUT2D eigenvalue weighted by molar-refractivity contribution is 0.0526. The lowest BCUT2D eigenvalue weighted by Gasteiger charge is -2.23. The first-order valence-corrected chi connectivity index (χ1v) is 15.1. The van der Waals surface area contributed by atoms with Crippen LogP contribution in [0.1, 0.15) is 85.8 Å². The van der Waals surface area contributed by atoms with Gasteiger partial charge in [0, 0.05) is 16.0 Å². The zero-order valence-corrected chi connectivity index (χ0v) is 23.1. The number of hydrogen-bond acceptors (Lipinski definition) is 7. The van der Waals surface area contributed by atoms with Crippen molar-refractivity contribution in [1.29, 1.82) is 0 Å².